The van der Waals surface area contributed by atoms with Gasteiger partial charge >= 0.3 is 12.1 Å². The first-order valence-electron chi connectivity index (χ1n) is 9.20. The smallest absolute Gasteiger partial charge is 0.407 e. The van der Waals surface area contributed by atoms with Crippen LogP contribution in [0.15, 0.2) is 0 Å². The van der Waals surface area contributed by atoms with Gasteiger partial charge in [0.2, 0.25) is 0 Å². The zero-order chi connectivity index (χ0) is 22.1. The lowest BCUT2D eigenvalue weighted by molar-refractivity contribution is -0.758. The van der Waals surface area contributed by atoms with Gasteiger partial charge in [0, 0.05) is 6.54 Å². The molecule has 1 unspecified atom stereocenters. The molecule has 0 fully saturated rings. The highest BCUT2D eigenvalue weighted by molar-refractivity contribution is 5.70. The predicted molar refractivity (Wildman–Crippen MR) is 98.4 cm³/mol. The van der Waals surface area contributed by atoms with E-state index in [0.717, 1.165) is 0 Å². The standard InChI is InChI=1S/C17H30N2O10/c1-17(2,3)29-15(21)12-14(27-13-20)6-4-5-7-18-16(22)26-10-8-25-9-11-28-19(23)24/h13-14H,4-12H2,1-3H3,(H,18,22). The molecule has 12 heteroatoms. The van der Waals surface area contributed by atoms with Crippen LogP contribution in [-0.4, -0.2) is 68.3 Å². The number of hydrogen-bond acceptors (Lipinski definition) is 10. The van der Waals surface area contributed by atoms with Gasteiger partial charge in [0.15, 0.2) is 0 Å². The van der Waals surface area contributed by atoms with Gasteiger partial charge in [-0.1, -0.05) is 0 Å². The number of nitrogens with one attached hydrogen (secondary N) is 1. The Morgan fingerprint density at radius 1 is 1.14 bits per heavy atom. The Hall–Kier alpha value is -2.63. The summed E-state index contributed by atoms with van der Waals surface area (Å²) >= 11 is 0. The summed E-state index contributed by atoms with van der Waals surface area (Å²) < 4.78 is 19.9. The van der Waals surface area contributed by atoms with Crippen molar-refractivity contribution in [1.82, 2.24) is 5.32 Å². The first kappa shape index (κ1) is 26.4. The van der Waals surface area contributed by atoms with Crippen molar-refractivity contribution in [3.8, 4) is 0 Å². The van der Waals surface area contributed by atoms with Crippen LogP contribution in [0, 0.1) is 10.1 Å². The molecule has 0 aromatic carbocycles. The largest absolute Gasteiger partial charge is 0.464 e. The number of carbonyl (C=O) groups is 3. The Balaban J connectivity index is 3.77. The third kappa shape index (κ3) is 18.5. The second kappa shape index (κ2) is 15.3. The van der Waals surface area contributed by atoms with E-state index in [4.69, 9.17) is 18.9 Å². The number of carbonyl (C=O) groups excluding carboxylic acids is 3. The molecule has 0 aromatic heterocycles. The molecule has 0 radical (unpaired) electrons. The highest BCUT2D eigenvalue weighted by Gasteiger charge is 2.21. The second-order valence-corrected chi connectivity index (χ2v) is 6.87. The molecule has 0 aliphatic carbocycles. The number of hydrogen-bond donors (Lipinski definition) is 1. The van der Waals surface area contributed by atoms with Crippen molar-refractivity contribution < 1.29 is 43.3 Å². The van der Waals surface area contributed by atoms with E-state index in [-0.39, 0.29) is 32.8 Å². The van der Waals surface area contributed by atoms with Gasteiger partial charge in [0.05, 0.1) is 19.6 Å². The minimum atomic E-state index is -0.919. The lowest BCUT2D eigenvalue weighted by Gasteiger charge is -2.21. The maximum absolute atomic E-state index is 11.8. The van der Waals surface area contributed by atoms with Crippen LogP contribution in [0.25, 0.3) is 0 Å². The maximum Gasteiger partial charge on any atom is 0.407 e. The Morgan fingerprint density at radius 2 is 1.83 bits per heavy atom. The lowest BCUT2D eigenvalue weighted by Crippen LogP contribution is -2.28. The molecule has 168 valence electrons. The molecule has 1 atom stereocenters. The Bertz CT molecular complexity index is 507. The molecule has 0 saturated carbocycles. The summed E-state index contributed by atoms with van der Waals surface area (Å²) in [6, 6.07) is 0. The van der Waals surface area contributed by atoms with Crippen molar-refractivity contribution >= 4 is 18.5 Å². The van der Waals surface area contributed by atoms with Crippen LogP contribution in [0.1, 0.15) is 46.5 Å². The summed E-state index contributed by atoms with van der Waals surface area (Å²) in [7, 11) is 0. The van der Waals surface area contributed by atoms with Crippen LogP contribution in [0.3, 0.4) is 0 Å². The van der Waals surface area contributed by atoms with Crippen molar-refractivity contribution in [2.24, 2.45) is 0 Å². The molecular formula is C17H30N2O10. The summed E-state index contributed by atoms with van der Waals surface area (Å²) in [4.78, 5) is 47.8. The topological polar surface area (TPSA) is 153 Å². The van der Waals surface area contributed by atoms with Crippen molar-refractivity contribution in [1.29, 1.82) is 0 Å². The van der Waals surface area contributed by atoms with Gasteiger partial charge in [0.1, 0.15) is 24.9 Å². The molecule has 0 spiro atoms. The second-order valence-electron chi connectivity index (χ2n) is 6.87. The molecule has 0 saturated heterocycles. The first-order valence-corrected chi connectivity index (χ1v) is 9.20. The average Bonchev–Trinajstić information content (AvgIpc) is 2.58. The van der Waals surface area contributed by atoms with Gasteiger partial charge in [-0.25, -0.2) is 4.79 Å². The number of ether oxygens (including phenoxy) is 4. The molecule has 0 rings (SSSR count). The quantitative estimate of drug-likeness (QED) is 0.0963. The van der Waals surface area contributed by atoms with E-state index in [2.05, 4.69) is 10.2 Å². The van der Waals surface area contributed by atoms with Gasteiger partial charge in [-0.15, -0.1) is 10.1 Å². The highest BCUT2D eigenvalue weighted by atomic mass is 17.0. The van der Waals surface area contributed by atoms with Gasteiger partial charge in [-0.3, -0.25) is 9.59 Å². The van der Waals surface area contributed by atoms with Crippen LogP contribution in [0.2, 0.25) is 0 Å². The molecule has 0 aliphatic heterocycles. The minimum absolute atomic E-state index is 0.00453. The predicted octanol–water partition coefficient (Wildman–Crippen LogP) is 1.38. The average molecular weight is 422 g/mol. The minimum Gasteiger partial charge on any atom is -0.464 e. The normalized spacial score (nSPS) is 11.8. The Morgan fingerprint density at radius 3 is 2.45 bits per heavy atom. The number of rotatable bonds is 16. The zero-order valence-corrected chi connectivity index (χ0v) is 17.0. The van der Waals surface area contributed by atoms with E-state index in [1.807, 2.05) is 0 Å². The van der Waals surface area contributed by atoms with E-state index < -0.39 is 28.9 Å². The highest BCUT2D eigenvalue weighted by Crippen LogP contribution is 2.13. The summed E-state index contributed by atoms with van der Waals surface area (Å²) in [5.41, 5.74) is -0.610. The Labute approximate surface area is 169 Å². The number of alkyl carbamates (subject to hydrolysis) is 1. The lowest BCUT2D eigenvalue weighted by atomic mass is 10.1. The molecule has 0 heterocycles. The van der Waals surface area contributed by atoms with Crippen LogP contribution < -0.4 is 5.32 Å². The van der Waals surface area contributed by atoms with Crippen molar-refractivity contribution in [3.05, 3.63) is 10.1 Å². The number of nitrogens with zero attached hydrogens (tertiary/aromatic N) is 1. The van der Waals surface area contributed by atoms with Crippen LogP contribution in [0.5, 0.6) is 0 Å². The molecule has 1 N–H and O–H groups in total. The number of unbranched alkanes of at least 4 members (excludes halogenated alkanes) is 1. The monoisotopic (exact) mass is 422 g/mol. The number of amides is 1. The molecule has 0 aromatic rings. The fourth-order valence-corrected chi connectivity index (χ4v) is 2.07. The fourth-order valence-electron chi connectivity index (χ4n) is 2.07. The van der Waals surface area contributed by atoms with E-state index in [1.54, 1.807) is 20.8 Å². The molecular weight excluding hydrogens is 392 g/mol. The third-order valence-electron chi connectivity index (χ3n) is 3.17. The third-order valence-corrected chi connectivity index (χ3v) is 3.17. The summed E-state index contributed by atoms with van der Waals surface area (Å²) in [5, 5.41) is 11.5. The molecule has 1 amide bonds. The Kier molecular flexibility index (Phi) is 13.9. The molecule has 0 aliphatic rings. The van der Waals surface area contributed by atoms with E-state index in [1.165, 1.54) is 0 Å². The van der Waals surface area contributed by atoms with Gasteiger partial charge in [0.25, 0.3) is 11.6 Å². The zero-order valence-electron chi connectivity index (χ0n) is 17.0. The SMILES string of the molecule is CC(C)(C)OC(=O)CC(CCCCNC(=O)OCCOCCO[N+](=O)[O-])OC=O. The van der Waals surface area contributed by atoms with Gasteiger partial charge in [-0.2, -0.15) is 0 Å². The van der Waals surface area contributed by atoms with E-state index in [9.17, 15) is 24.5 Å². The van der Waals surface area contributed by atoms with Crippen LogP contribution in [0.4, 0.5) is 4.79 Å². The molecule has 0 bridgehead atoms. The molecule has 12 nitrogen and oxygen atoms in total. The van der Waals surface area contributed by atoms with E-state index in [0.29, 0.717) is 32.3 Å². The van der Waals surface area contributed by atoms with Crippen molar-refractivity contribution in [2.75, 3.05) is 33.0 Å². The first-order chi connectivity index (χ1) is 13.6. The summed E-state index contributed by atoms with van der Waals surface area (Å²) in [6.07, 6.45) is 0.431. The van der Waals surface area contributed by atoms with Crippen molar-refractivity contribution in [3.63, 3.8) is 0 Å². The maximum atomic E-state index is 11.8. The van der Waals surface area contributed by atoms with Crippen LogP contribution in [-0.2, 0) is 33.4 Å². The fraction of sp³-hybridized carbons (Fsp3) is 0.824. The summed E-state index contributed by atoms with van der Waals surface area (Å²) in [5.74, 6) is -0.446. The molecule has 29 heavy (non-hydrogen) atoms. The van der Waals surface area contributed by atoms with Crippen LogP contribution >= 0.6 is 0 Å². The van der Waals surface area contributed by atoms with E-state index >= 15 is 0 Å². The van der Waals surface area contributed by atoms with Gasteiger partial charge < -0.3 is 29.1 Å². The number of esters is 1. The van der Waals surface area contributed by atoms with Crippen molar-refractivity contribution in [2.45, 2.75) is 58.2 Å². The summed E-state index contributed by atoms with van der Waals surface area (Å²) in [6.45, 7) is 5.81. The van der Waals surface area contributed by atoms with Gasteiger partial charge in [-0.05, 0) is 40.0 Å².